The lowest BCUT2D eigenvalue weighted by atomic mass is 10.4. The van der Waals surface area contributed by atoms with Gasteiger partial charge in [0.05, 0.1) is 23.1 Å². The molecule has 2 heterocycles. The van der Waals surface area contributed by atoms with Crippen molar-refractivity contribution >= 4 is 38.5 Å². The van der Waals surface area contributed by atoms with Crippen molar-refractivity contribution < 1.29 is 8.42 Å². The van der Waals surface area contributed by atoms with Crippen LogP contribution >= 0.6 is 11.8 Å². The van der Waals surface area contributed by atoms with E-state index in [4.69, 9.17) is 0 Å². The van der Waals surface area contributed by atoms with E-state index in [9.17, 15) is 8.42 Å². The lowest BCUT2D eigenvalue weighted by Gasteiger charge is -2.05. The average Bonchev–Trinajstić information content (AvgIpc) is 2.75. The van der Waals surface area contributed by atoms with E-state index in [-0.39, 0.29) is 5.75 Å². The highest BCUT2D eigenvalue weighted by Gasteiger charge is 2.10. The van der Waals surface area contributed by atoms with Crippen LogP contribution in [0.25, 0.3) is 11.0 Å². The Bertz CT molecular complexity index is 711. The molecular weight excluding hydrogens is 298 g/mol. The van der Waals surface area contributed by atoms with Crippen LogP contribution in [0.1, 0.15) is 5.82 Å². The molecule has 0 unspecified atom stereocenters. The van der Waals surface area contributed by atoms with Gasteiger partial charge in [-0.05, 0) is 0 Å². The summed E-state index contributed by atoms with van der Waals surface area (Å²) in [7, 11) is 0.718. The van der Waals surface area contributed by atoms with Gasteiger partial charge >= 0.3 is 0 Å². The molecule has 110 valence electrons. The molecule has 0 amide bonds. The summed E-state index contributed by atoms with van der Waals surface area (Å²) >= 11 is 1.51. The van der Waals surface area contributed by atoms with Crippen LogP contribution in [0.2, 0.25) is 0 Å². The molecule has 0 saturated carbocycles. The van der Waals surface area contributed by atoms with Crippen LogP contribution in [-0.2, 0) is 22.6 Å². The van der Waals surface area contributed by atoms with Crippen LogP contribution in [-0.4, -0.2) is 53.0 Å². The van der Waals surface area contributed by atoms with Crippen molar-refractivity contribution in [2.24, 2.45) is 7.05 Å². The van der Waals surface area contributed by atoms with E-state index in [1.54, 1.807) is 17.9 Å². The Hall–Kier alpha value is -1.35. The molecule has 9 heteroatoms. The lowest BCUT2D eigenvalue weighted by molar-refractivity contribution is 0.603. The third-order valence-corrected chi connectivity index (χ3v) is 4.86. The topological polar surface area (TPSA) is 89.8 Å². The van der Waals surface area contributed by atoms with Crippen molar-refractivity contribution in [3.05, 3.63) is 12.0 Å². The van der Waals surface area contributed by atoms with Crippen LogP contribution in [0.15, 0.2) is 6.20 Å². The Labute approximate surface area is 122 Å². The molecule has 0 bridgehead atoms. The molecule has 20 heavy (non-hydrogen) atoms. The van der Waals surface area contributed by atoms with E-state index in [1.807, 2.05) is 7.05 Å². The molecule has 0 aromatic carbocycles. The van der Waals surface area contributed by atoms with E-state index >= 15 is 0 Å². The Morgan fingerprint density at radius 1 is 1.40 bits per heavy atom. The fraction of sp³-hybridized carbons (Fsp3) is 0.545. The van der Waals surface area contributed by atoms with E-state index in [2.05, 4.69) is 20.4 Å². The van der Waals surface area contributed by atoms with Gasteiger partial charge in [-0.3, -0.25) is 4.68 Å². The van der Waals surface area contributed by atoms with Crippen molar-refractivity contribution in [1.29, 1.82) is 0 Å². The summed E-state index contributed by atoms with van der Waals surface area (Å²) < 4.78 is 23.8. The monoisotopic (exact) mass is 315 g/mol. The van der Waals surface area contributed by atoms with Gasteiger partial charge in [0.1, 0.15) is 21.5 Å². The predicted octanol–water partition coefficient (Wildman–Crippen LogP) is 0.683. The highest BCUT2D eigenvalue weighted by Crippen LogP contribution is 2.20. The smallest absolute Gasteiger partial charge is 0.163 e. The number of hydrogen-bond acceptors (Lipinski definition) is 7. The number of sulfone groups is 1. The Morgan fingerprint density at radius 2 is 2.15 bits per heavy atom. The molecule has 0 aliphatic heterocycles. The minimum atomic E-state index is -2.91. The summed E-state index contributed by atoms with van der Waals surface area (Å²) in [4.78, 5) is 8.88. The SMILES string of the molecule is CNc1nc(CSCCS(C)(=O)=O)nc2c1cnn2C. The molecular formula is C11H17N5O2S2. The molecule has 0 aliphatic carbocycles. The molecule has 0 spiro atoms. The third-order valence-electron chi connectivity index (χ3n) is 2.70. The molecule has 0 saturated heterocycles. The lowest BCUT2D eigenvalue weighted by Crippen LogP contribution is -2.06. The molecule has 7 nitrogen and oxygen atoms in total. The Morgan fingerprint density at radius 3 is 2.80 bits per heavy atom. The molecule has 0 atom stereocenters. The second kappa shape index (κ2) is 5.96. The number of thioether (sulfide) groups is 1. The number of nitrogens with zero attached hydrogens (tertiary/aromatic N) is 4. The summed E-state index contributed by atoms with van der Waals surface area (Å²) in [5.41, 5.74) is 0.767. The number of hydrogen-bond donors (Lipinski definition) is 1. The number of aromatic nitrogens is 4. The minimum Gasteiger partial charge on any atom is -0.372 e. The molecule has 2 rings (SSSR count). The Balaban J connectivity index is 2.12. The molecule has 2 aromatic heterocycles. The quantitative estimate of drug-likeness (QED) is 0.784. The van der Waals surface area contributed by atoms with Gasteiger partial charge in [-0.15, -0.1) is 0 Å². The molecule has 1 N–H and O–H groups in total. The van der Waals surface area contributed by atoms with Crippen molar-refractivity contribution in [1.82, 2.24) is 19.7 Å². The number of anilines is 1. The maximum atomic E-state index is 11.1. The normalized spacial score (nSPS) is 11.9. The zero-order valence-electron chi connectivity index (χ0n) is 11.6. The fourth-order valence-electron chi connectivity index (χ4n) is 1.70. The van der Waals surface area contributed by atoms with Gasteiger partial charge < -0.3 is 5.32 Å². The van der Waals surface area contributed by atoms with E-state index in [1.165, 1.54) is 18.0 Å². The zero-order valence-corrected chi connectivity index (χ0v) is 13.3. The van der Waals surface area contributed by atoms with Crippen molar-refractivity contribution in [2.45, 2.75) is 5.75 Å². The molecule has 0 fully saturated rings. The maximum Gasteiger partial charge on any atom is 0.163 e. The first-order valence-corrected chi connectivity index (χ1v) is 9.24. The van der Waals surface area contributed by atoms with Crippen LogP contribution in [0.4, 0.5) is 5.82 Å². The van der Waals surface area contributed by atoms with E-state index < -0.39 is 9.84 Å². The van der Waals surface area contributed by atoms with Crippen LogP contribution in [0.3, 0.4) is 0 Å². The van der Waals surface area contributed by atoms with Crippen molar-refractivity contribution in [3.63, 3.8) is 0 Å². The third kappa shape index (κ3) is 3.60. The largest absolute Gasteiger partial charge is 0.372 e. The van der Waals surface area contributed by atoms with Gasteiger partial charge in [-0.2, -0.15) is 16.9 Å². The van der Waals surface area contributed by atoms with Crippen LogP contribution in [0.5, 0.6) is 0 Å². The van der Waals surface area contributed by atoms with Crippen molar-refractivity contribution in [3.8, 4) is 0 Å². The first-order chi connectivity index (χ1) is 9.40. The van der Waals surface area contributed by atoms with E-state index in [0.29, 0.717) is 17.3 Å². The highest BCUT2D eigenvalue weighted by atomic mass is 32.2. The maximum absolute atomic E-state index is 11.1. The zero-order chi connectivity index (χ0) is 14.8. The Kier molecular flexibility index (Phi) is 4.48. The number of aryl methyl sites for hydroxylation is 1. The molecule has 0 radical (unpaired) electrons. The number of nitrogens with one attached hydrogen (secondary N) is 1. The highest BCUT2D eigenvalue weighted by molar-refractivity contribution is 7.99. The van der Waals surface area contributed by atoms with Gasteiger partial charge in [-0.1, -0.05) is 0 Å². The van der Waals surface area contributed by atoms with Gasteiger partial charge in [-0.25, -0.2) is 18.4 Å². The van der Waals surface area contributed by atoms with Gasteiger partial charge in [0.15, 0.2) is 5.65 Å². The van der Waals surface area contributed by atoms with Crippen molar-refractivity contribution in [2.75, 3.05) is 30.1 Å². The summed E-state index contributed by atoms with van der Waals surface area (Å²) in [6.07, 6.45) is 2.96. The number of rotatable bonds is 6. The first-order valence-electron chi connectivity index (χ1n) is 6.02. The second-order valence-corrected chi connectivity index (χ2v) is 7.79. The molecule has 2 aromatic rings. The van der Waals surface area contributed by atoms with Crippen LogP contribution in [0, 0.1) is 0 Å². The second-order valence-electron chi connectivity index (χ2n) is 4.43. The summed E-state index contributed by atoms with van der Waals surface area (Å²) in [5, 5.41) is 8.07. The fourth-order valence-corrected chi connectivity index (χ4v) is 3.83. The van der Waals surface area contributed by atoms with Gasteiger partial charge in [0.25, 0.3) is 0 Å². The van der Waals surface area contributed by atoms with E-state index in [0.717, 1.165) is 16.9 Å². The average molecular weight is 315 g/mol. The summed E-state index contributed by atoms with van der Waals surface area (Å²) in [5.74, 6) is 2.70. The minimum absolute atomic E-state index is 0.171. The number of fused-ring (bicyclic) bond motifs is 1. The predicted molar refractivity (Wildman–Crippen MR) is 81.7 cm³/mol. The molecule has 0 aliphatic rings. The first kappa shape index (κ1) is 15.0. The van der Waals surface area contributed by atoms with Gasteiger partial charge in [0, 0.05) is 26.1 Å². The standard InChI is InChI=1S/C11H17N5O2S2/c1-12-10-8-6-13-16(2)11(8)15-9(14-10)7-19-4-5-20(3,17)18/h6H,4-5,7H2,1-3H3,(H,12,14,15). The van der Waals surface area contributed by atoms with Gasteiger partial charge in [0.2, 0.25) is 0 Å². The summed E-state index contributed by atoms with van der Waals surface area (Å²) in [6, 6.07) is 0. The summed E-state index contributed by atoms with van der Waals surface area (Å²) in [6.45, 7) is 0. The van der Waals surface area contributed by atoms with Crippen LogP contribution < -0.4 is 5.32 Å².